The number of hydroxylamine groups is 2. The van der Waals surface area contributed by atoms with Crippen molar-refractivity contribution >= 4 is 13.9 Å². The van der Waals surface area contributed by atoms with Crippen LogP contribution >= 0.6 is 0 Å². The predicted octanol–water partition coefficient (Wildman–Crippen LogP) is 9.78. The Morgan fingerprint density at radius 2 is 1.12 bits per heavy atom. The van der Waals surface area contributed by atoms with Crippen LogP contribution in [0.25, 0.3) is 0 Å². The average molecular weight is 662 g/mol. The maximum absolute atomic E-state index is 13.8. The lowest BCUT2D eigenvalue weighted by atomic mass is 10.0. The Hall–Kier alpha value is -5.61. The molecule has 0 fully saturated rings. The third-order valence-electron chi connectivity index (χ3n) is 7.77. The highest BCUT2D eigenvalue weighted by molar-refractivity contribution is 6.83. The first-order valence-corrected chi connectivity index (χ1v) is 19.9. The maximum atomic E-state index is 13.8. The fourth-order valence-electron chi connectivity index (χ4n) is 5.29. The molecule has 6 heteroatoms. The highest BCUT2D eigenvalue weighted by atomic mass is 28.3. The molecule has 1 aliphatic rings. The second-order valence-corrected chi connectivity index (χ2v) is 17.5. The third kappa shape index (κ3) is 9.05. The van der Waals surface area contributed by atoms with Gasteiger partial charge < -0.3 is 9.47 Å². The van der Waals surface area contributed by atoms with Crippen molar-refractivity contribution in [2.75, 3.05) is 0 Å². The number of ketones is 1. The van der Waals surface area contributed by atoms with Crippen LogP contribution in [0.3, 0.4) is 0 Å². The van der Waals surface area contributed by atoms with Crippen molar-refractivity contribution in [2.24, 2.45) is 0 Å². The third-order valence-corrected chi connectivity index (χ3v) is 8.65. The van der Waals surface area contributed by atoms with E-state index >= 15 is 0 Å². The molecule has 0 saturated carbocycles. The van der Waals surface area contributed by atoms with Crippen LogP contribution in [0.1, 0.15) is 46.4 Å². The monoisotopic (exact) mass is 661 g/mol. The Labute approximate surface area is 290 Å². The second-order valence-electron chi connectivity index (χ2n) is 12.8. The Bertz CT molecular complexity index is 1880. The molecule has 0 bridgehead atoms. The molecule has 0 unspecified atom stereocenters. The first kappa shape index (κ1) is 33.3. The first-order chi connectivity index (χ1) is 23.8. The van der Waals surface area contributed by atoms with E-state index in [0.717, 1.165) is 27.8 Å². The van der Waals surface area contributed by atoms with Gasteiger partial charge in [0.2, 0.25) is 5.78 Å². The lowest BCUT2D eigenvalue weighted by Gasteiger charge is -2.32. The van der Waals surface area contributed by atoms with E-state index in [1.165, 1.54) is 0 Å². The van der Waals surface area contributed by atoms with Gasteiger partial charge in [0.15, 0.2) is 5.76 Å². The quantitative estimate of drug-likeness (QED) is 0.0847. The van der Waals surface area contributed by atoms with Gasteiger partial charge in [0.25, 0.3) is 0 Å². The minimum Gasteiger partial charge on any atom is -0.476 e. The molecular formula is C43H39NO4Si. The molecule has 0 atom stereocenters. The SMILES string of the molecule is C[Si](C)(C)C#Cc1ccc(OC=C2CC(=O)C(OC(c3ccccc3)c3ccccc3)=CN2OC(c2ccccc2)c2ccccc2)cc1. The summed E-state index contributed by atoms with van der Waals surface area (Å²) in [5.74, 6) is 3.91. The van der Waals surface area contributed by atoms with Crippen LogP contribution in [-0.4, -0.2) is 18.9 Å². The second kappa shape index (κ2) is 15.5. The highest BCUT2D eigenvalue weighted by Crippen LogP contribution is 2.35. The smallest absolute Gasteiger partial charge is 0.205 e. The van der Waals surface area contributed by atoms with Gasteiger partial charge in [-0.15, -0.1) is 5.54 Å². The van der Waals surface area contributed by atoms with Crippen LogP contribution in [0.15, 0.2) is 170 Å². The van der Waals surface area contributed by atoms with Crippen molar-refractivity contribution in [1.82, 2.24) is 5.06 Å². The van der Waals surface area contributed by atoms with Gasteiger partial charge in [-0.1, -0.05) is 147 Å². The molecule has 0 spiro atoms. The fraction of sp³-hybridized carbons (Fsp3) is 0.140. The summed E-state index contributed by atoms with van der Waals surface area (Å²) in [5.41, 5.74) is 8.65. The van der Waals surface area contributed by atoms with Gasteiger partial charge >= 0.3 is 0 Å². The van der Waals surface area contributed by atoms with Crippen molar-refractivity contribution < 1.29 is 19.1 Å². The molecule has 0 N–H and O–H groups in total. The Balaban J connectivity index is 1.35. The molecule has 0 aromatic heterocycles. The molecule has 1 heterocycles. The van der Waals surface area contributed by atoms with Crippen LogP contribution in [-0.2, 0) is 14.4 Å². The summed E-state index contributed by atoms with van der Waals surface area (Å²) < 4.78 is 12.7. The number of ether oxygens (including phenoxy) is 2. The molecule has 49 heavy (non-hydrogen) atoms. The number of nitrogens with zero attached hydrogens (tertiary/aromatic N) is 1. The van der Waals surface area contributed by atoms with Gasteiger partial charge in [0, 0.05) is 5.56 Å². The number of Topliss-reactive ketones (excluding diaryl/α,β-unsaturated/α-hetero) is 1. The minimum atomic E-state index is -1.49. The van der Waals surface area contributed by atoms with E-state index in [9.17, 15) is 4.79 Å². The van der Waals surface area contributed by atoms with Crippen molar-refractivity contribution in [2.45, 2.75) is 38.3 Å². The maximum Gasteiger partial charge on any atom is 0.205 e. The van der Waals surface area contributed by atoms with Crippen molar-refractivity contribution in [3.63, 3.8) is 0 Å². The summed E-state index contributed by atoms with van der Waals surface area (Å²) in [4.78, 5) is 20.6. The van der Waals surface area contributed by atoms with E-state index in [1.54, 1.807) is 17.5 Å². The van der Waals surface area contributed by atoms with Crippen molar-refractivity contribution in [3.05, 3.63) is 197 Å². The molecular weight excluding hydrogens is 623 g/mol. The summed E-state index contributed by atoms with van der Waals surface area (Å²) in [7, 11) is -1.49. The number of hydrogen-bond acceptors (Lipinski definition) is 5. The molecule has 5 aromatic rings. The molecule has 6 rings (SSSR count). The molecule has 0 radical (unpaired) electrons. The number of rotatable bonds is 10. The van der Waals surface area contributed by atoms with Gasteiger partial charge in [0.05, 0.1) is 18.3 Å². The fourth-order valence-corrected chi connectivity index (χ4v) is 5.81. The van der Waals surface area contributed by atoms with Crippen LogP contribution < -0.4 is 4.74 Å². The summed E-state index contributed by atoms with van der Waals surface area (Å²) >= 11 is 0. The van der Waals surface area contributed by atoms with Gasteiger partial charge in [-0.3, -0.25) is 9.63 Å². The molecule has 5 aromatic carbocycles. The van der Waals surface area contributed by atoms with Crippen LogP contribution in [0, 0.1) is 11.5 Å². The van der Waals surface area contributed by atoms with Gasteiger partial charge in [-0.05, 0) is 46.5 Å². The number of hydrogen-bond donors (Lipinski definition) is 0. The van der Waals surface area contributed by atoms with E-state index < -0.39 is 20.3 Å². The number of benzene rings is 5. The Morgan fingerprint density at radius 1 is 0.653 bits per heavy atom. The zero-order valence-corrected chi connectivity index (χ0v) is 29.0. The average Bonchev–Trinajstić information content (AvgIpc) is 3.13. The zero-order chi connectivity index (χ0) is 34.1. The van der Waals surface area contributed by atoms with Crippen LogP contribution in [0.5, 0.6) is 5.75 Å². The molecule has 5 nitrogen and oxygen atoms in total. The first-order valence-electron chi connectivity index (χ1n) is 16.4. The van der Waals surface area contributed by atoms with Crippen molar-refractivity contribution in [3.8, 4) is 17.2 Å². The largest absolute Gasteiger partial charge is 0.476 e. The zero-order valence-electron chi connectivity index (χ0n) is 28.0. The van der Waals surface area contributed by atoms with E-state index in [1.807, 2.05) is 146 Å². The minimum absolute atomic E-state index is 0.0121. The number of carbonyl (C=O) groups is 1. The van der Waals surface area contributed by atoms with Gasteiger partial charge in [0.1, 0.15) is 32.3 Å². The Kier molecular flexibility index (Phi) is 10.5. The summed E-state index contributed by atoms with van der Waals surface area (Å²) in [6.07, 6.45) is 2.25. The van der Waals surface area contributed by atoms with E-state index in [-0.39, 0.29) is 18.0 Å². The van der Waals surface area contributed by atoms with Crippen LogP contribution in [0.2, 0.25) is 19.6 Å². The number of carbonyl (C=O) groups excluding carboxylic acids is 1. The standard InChI is InChI=1S/C43H39NO4Si/c1-49(2,3)29-28-33-24-26-39(27-25-33)46-32-38-30-40(45)41(47-42(34-16-8-4-9-17-34)35-18-10-5-11-19-35)31-44(38)48-43(36-20-12-6-13-21-36)37-22-14-7-15-23-37/h4-27,31-32,42-43H,30H2,1-3H3. The molecule has 244 valence electrons. The Morgan fingerprint density at radius 3 is 1.59 bits per heavy atom. The molecule has 1 aliphatic heterocycles. The van der Waals surface area contributed by atoms with E-state index in [4.69, 9.17) is 14.3 Å². The van der Waals surface area contributed by atoms with E-state index in [0.29, 0.717) is 11.4 Å². The highest BCUT2D eigenvalue weighted by Gasteiger charge is 2.31. The molecule has 0 amide bonds. The molecule has 0 saturated heterocycles. The molecule has 0 aliphatic carbocycles. The summed E-state index contributed by atoms with van der Waals surface area (Å²) in [6, 6.07) is 47.5. The number of allylic oxidation sites excluding steroid dienone is 2. The van der Waals surface area contributed by atoms with Gasteiger partial charge in [-0.2, -0.15) is 0 Å². The van der Waals surface area contributed by atoms with Crippen molar-refractivity contribution in [1.29, 1.82) is 0 Å². The van der Waals surface area contributed by atoms with Gasteiger partial charge in [-0.25, -0.2) is 5.06 Å². The summed E-state index contributed by atoms with van der Waals surface area (Å²) in [6.45, 7) is 6.66. The normalized spacial score (nSPS) is 14.0. The predicted molar refractivity (Wildman–Crippen MR) is 197 cm³/mol. The van der Waals surface area contributed by atoms with E-state index in [2.05, 4.69) is 31.1 Å². The lowest BCUT2D eigenvalue weighted by Crippen LogP contribution is -2.30. The lowest BCUT2D eigenvalue weighted by molar-refractivity contribution is -0.145. The van der Waals surface area contributed by atoms with Crippen LogP contribution in [0.4, 0.5) is 0 Å². The topological polar surface area (TPSA) is 48.0 Å². The summed E-state index contributed by atoms with van der Waals surface area (Å²) in [5, 5.41) is 1.61.